The molecule has 2 rings (SSSR count). The lowest BCUT2D eigenvalue weighted by molar-refractivity contribution is 0.0944. The van der Waals surface area contributed by atoms with Crippen molar-refractivity contribution in [2.45, 2.75) is 37.8 Å². The summed E-state index contributed by atoms with van der Waals surface area (Å²) < 4.78 is 5.78. The molecule has 0 unspecified atom stereocenters. The SMILES string of the molecule is Cc1ccc(C)c(OCCNC(=O)c2ccccc2SC(C)C)c1. The van der Waals surface area contributed by atoms with E-state index in [4.69, 9.17) is 4.74 Å². The van der Waals surface area contributed by atoms with Gasteiger partial charge in [-0.3, -0.25) is 4.79 Å². The van der Waals surface area contributed by atoms with E-state index in [2.05, 4.69) is 25.2 Å². The first-order valence-electron chi connectivity index (χ1n) is 8.21. The quantitative estimate of drug-likeness (QED) is 0.589. The molecule has 0 aromatic heterocycles. The molecule has 0 aliphatic rings. The summed E-state index contributed by atoms with van der Waals surface area (Å²) in [5.74, 6) is 0.823. The molecule has 2 aromatic rings. The second-order valence-corrected chi connectivity index (χ2v) is 7.65. The van der Waals surface area contributed by atoms with Crippen LogP contribution in [0, 0.1) is 13.8 Å². The topological polar surface area (TPSA) is 38.3 Å². The molecule has 0 aliphatic heterocycles. The van der Waals surface area contributed by atoms with E-state index in [1.165, 1.54) is 5.56 Å². The van der Waals surface area contributed by atoms with E-state index in [9.17, 15) is 4.79 Å². The first-order chi connectivity index (χ1) is 11.5. The summed E-state index contributed by atoms with van der Waals surface area (Å²) >= 11 is 1.70. The monoisotopic (exact) mass is 343 g/mol. The Hall–Kier alpha value is -1.94. The van der Waals surface area contributed by atoms with Gasteiger partial charge in [-0.25, -0.2) is 0 Å². The lowest BCUT2D eigenvalue weighted by Gasteiger charge is -2.13. The van der Waals surface area contributed by atoms with Gasteiger partial charge in [-0.05, 0) is 43.2 Å². The van der Waals surface area contributed by atoms with Crippen molar-refractivity contribution in [1.29, 1.82) is 0 Å². The minimum absolute atomic E-state index is 0.0525. The number of carbonyl (C=O) groups excluding carboxylic acids is 1. The normalized spacial score (nSPS) is 10.7. The third kappa shape index (κ3) is 5.31. The van der Waals surface area contributed by atoms with Gasteiger partial charge in [-0.15, -0.1) is 11.8 Å². The highest BCUT2D eigenvalue weighted by Gasteiger charge is 2.12. The molecule has 128 valence electrons. The number of ether oxygens (including phenoxy) is 1. The molecule has 0 heterocycles. The number of hydrogen-bond donors (Lipinski definition) is 1. The zero-order valence-corrected chi connectivity index (χ0v) is 15.6. The van der Waals surface area contributed by atoms with Crippen LogP contribution in [0.3, 0.4) is 0 Å². The molecule has 3 nitrogen and oxygen atoms in total. The molecule has 1 N–H and O–H groups in total. The van der Waals surface area contributed by atoms with Gasteiger partial charge in [0.15, 0.2) is 0 Å². The van der Waals surface area contributed by atoms with E-state index in [1.54, 1.807) is 11.8 Å². The molecule has 0 bridgehead atoms. The molecule has 0 saturated carbocycles. The van der Waals surface area contributed by atoms with Gasteiger partial charge in [-0.2, -0.15) is 0 Å². The number of amides is 1. The Morgan fingerprint density at radius 3 is 2.67 bits per heavy atom. The average Bonchev–Trinajstić information content (AvgIpc) is 2.54. The van der Waals surface area contributed by atoms with Crippen molar-refractivity contribution in [2.24, 2.45) is 0 Å². The molecular weight excluding hydrogens is 318 g/mol. The van der Waals surface area contributed by atoms with Crippen LogP contribution in [0.25, 0.3) is 0 Å². The van der Waals surface area contributed by atoms with Crippen LogP contribution in [0.1, 0.15) is 35.3 Å². The van der Waals surface area contributed by atoms with Crippen LogP contribution in [0.15, 0.2) is 47.4 Å². The second-order valence-electron chi connectivity index (χ2n) is 6.04. The lowest BCUT2D eigenvalue weighted by atomic mass is 10.1. The van der Waals surface area contributed by atoms with E-state index >= 15 is 0 Å². The summed E-state index contributed by atoms with van der Waals surface area (Å²) in [6.45, 7) is 9.24. The van der Waals surface area contributed by atoms with Gasteiger partial charge in [0.05, 0.1) is 12.1 Å². The highest BCUT2D eigenvalue weighted by molar-refractivity contribution is 8.00. The van der Waals surface area contributed by atoms with Crippen molar-refractivity contribution < 1.29 is 9.53 Å². The van der Waals surface area contributed by atoms with Crippen molar-refractivity contribution in [3.63, 3.8) is 0 Å². The average molecular weight is 343 g/mol. The fraction of sp³-hybridized carbons (Fsp3) is 0.350. The molecule has 0 spiro atoms. The van der Waals surface area contributed by atoms with Gasteiger partial charge >= 0.3 is 0 Å². The molecule has 24 heavy (non-hydrogen) atoms. The van der Waals surface area contributed by atoms with Crippen molar-refractivity contribution >= 4 is 17.7 Å². The van der Waals surface area contributed by atoms with E-state index in [0.717, 1.165) is 21.8 Å². The standard InChI is InChI=1S/C20H25NO2S/c1-14(2)24-19-8-6-5-7-17(19)20(22)21-11-12-23-18-13-15(3)9-10-16(18)4/h5-10,13-14H,11-12H2,1-4H3,(H,21,22). The fourth-order valence-electron chi connectivity index (χ4n) is 2.29. The molecular formula is C20H25NO2S. The van der Waals surface area contributed by atoms with E-state index < -0.39 is 0 Å². The maximum Gasteiger partial charge on any atom is 0.252 e. The van der Waals surface area contributed by atoms with Crippen LogP contribution in [-0.2, 0) is 0 Å². The predicted molar refractivity (Wildman–Crippen MR) is 101 cm³/mol. The lowest BCUT2D eigenvalue weighted by Crippen LogP contribution is -2.28. The molecule has 1 amide bonds. The van der Waals surface area contributed by atoms with Gasteiger partial charge in [0.2, 0.25) is 0 Å². The van der Waals surface area contributed by atoms with Crippen molar-refractivity contribution in [2.75, 3.05) is 13.2 Å². The van der Waals surface area contributed by atoms with E-state index in [-0.39, 0.29) is 5.91 Å². The third-order valence-electron chi connectivity index (χ3n) is 3.48. The molecule has 0 saturated heterocycles. The zero-order chi connectivity index (χ0) is 17.5. The summed E-state index contributed by atoms with van der Waals surface area (Å²) in [5.41, 5.74) is 2.99. The maximum absolute atomic E-state index is 12.4. The van der Waals surface area contributed by atoms with Crippen LogP contribution in [-0.4, -0.2) is 24.3 Å². The first kappa shape index (κ1) is 18.4. The van der Waals surface area contributed by atoms with Crippen LogP contribution in [0.2, 0.25) is 0 Å². The summed E-state index contributed by atoms with van der Waals surface area (Å²) in [6, 6.07) is 13.8. The number of hydrogen-bond acceptors (Lipinski definition) is 3. The van der Waals surface area contributed by atoms with E-state index in [0.29, 0.717) is 18.4 Å². The molecule has 0 fully saturated rings. The Bertz CT molecular complexity index is 698. The van der Waals surface area contributed by atoms with Crippen molar-refractivity contribution in [3.8, 4) is 5.75 Å². The smallest absolute Gasteiger partial charge is 0.252 e. The number of thioether (sulfide) groups is 1. The van der Waals surface area contributed by atoms with Gasteiger partial charge in [0.1, 0.15) is 12.4 Å². The summed E-state index contributed by atoms with van der Waals surface area (Å²) in [5, 5.41) is 3.38. The minimum atomic E-state index is -0.0525. The number of aryl methyl sites for hydroxylation is 2. The van der Waals surface area contributed by atoms with Crippen LogP contribution >= 0.6 is 11.8 Å². The Balaban J connectivity index is 1.89. The summed E-state index contributed by atoms with van der Waals surface area (Å²) in [7, 11) is 0. The maximum atomic E-state index is 12.4. The number of rotatable bonds is 7. The zero-order valence-electron chi connectivity index (χ0n) is 14.8. The Kier molecular flexibility index (Phi) is 6.73. The van der Waals surface area contributed by atoms with Crippen LogP contribution in [0.5, 0.6) is 5.75 Å². The Morgan fingerprint density at radius 2 is 1.92 bits per heavy atom. The number of nitrogens with one attached hydrogen (secondary N) is 1. The number of benzene rings is 2. The van der Waals surface area contributed by atoms with Gasteiger partial charge in [0, 0.05) is 10.1 Å². The highest BCUT2D eigenvalue weighted by Crippen LogP contribution is 2.26. The van der Waals surface area contributed by atoms with E-state index in [1.807, 2.05) is 50.2 Å². The molecule has 2 aromatic carbocycles. The fourth-order valence-corrected chi connectivity index (χ4v) is 3.25. The molecule has 0 atom stereocenters. The summed E-state index contributed by atoms with van der Waals surface area (Å²) in [6.07, 6.45) is 0. The molecule has 0 aliphatic carbocycles. The van der Waals surface area contributed by atoms with Crippen molar-refractivity contribution in [3.05, 3.63) is 59.2 Å². The van der Waals surface area contributed by atoms with Gasteiger partial charge in [-0.1, -0.05) is 38.1 Å². The molecule has 0 radical (unpaired) electrons. The third-order valence-corrected chi connectivity index (χ3v) is 4.56. The molecule has 4 heteroatoms. The van der Waals surface area contributed by atoms with Crippen LogP contribution < -0.4 is 10.1 Å². The van der Waals surface area contributed by atoms with Gasteiger partial charge in [0.25, 0.3) is 5.91 Å². The first-order valence-corrected chi connectivity index (χ1v) is 9.09. The number of carbonyl (C=O) groups is 1. The van der Waals surface area contributed by atoms with Crippen molar-refractivity contribution in [1.82, 2.24) is 5.32 Å². The Morgan fingerprint density at radius 1 is 1.17 bits per heavy atom. The summed E-state index contributed by atoms with van der Waals surface area (Å²) in [4.78, 5) is 13.4. The van der Waals surface area contributed by atoms with Gasteiger partial charge < -0.3 is 10.1 Å². The Labute approximate surface area is 148 Å². The highest BCUT2D eigenvalue weighted by atomic mass is 32.2. The minimum Gasteiger partial charge on any atom is -0.491 e. The largest absolute Gasteiger partial charge is 0.491 e. The predicted octanol–water partition coefficient (Wildman–Crippen LogP) is 4.61. The second kappa shape index (κ2) is 8.78. The van der Waals surface area contributed by atoms with Crippen LogP contribution in [0.4, 0.5) is 0 Å².